The molecule has 1 aliphatic heterocycles. The summed E-state index contributed by atoms with van der Waals surface area (Å²) >= 11 is 3.46. The monoisotopic (exact) mass is 393 g/mol. The van der Waals surface area contributed by atoms with E-state index >= 15 is 0 Å². The Morgan fingerprint density at radius 1 is 1.46 bits per heavy atom. The summed E-state index contributed by atoms with van der Waals surface area (Å²) in [6, 6.07) is 5.89. The third kappa shape index (κ3) is 3.90. The second-order valence-electron chi connectivity index (χ2n) is 6.61. The summed E-state index contributed by atoms with van der Waals surface area (Å²) in [4.78, 5) is 19.7. The number of aromatic nitrogens is 2. The molecule has 0 fully saturated rings. The lowest BCUT2D eigenvalue weighted by Crippen LogP contribution is -2.32. The fourth-order valence-corrected chi connectivity index (χ4v) is 2.84. The number of halogens is 1. The number of benzene rings is 1. The molecule has 1 aromatic heterocycles. The van der Waals surface area contributed by atoms with Crippen molar-refractivity contribution < 1.29 is 14.3 Å². The van der Waals surface area contributed by atoms with Crippen molar-refractivity contribution in [2.24, 2.45) is 0 Å². The minimum atomic E-state index is -0.520. The summed E-state index contributed by atoms with van der Waals surface area (Å²) in [6.07, 6.45) is 0.280. The molecule has 6 nitrogen and oxygen atoms in total. The lowest BCUT2D eigenvalue weighted by Gasteiger charge is -2.19. The topological polar surface area (TPSA) is 76.2 Å². The molecule has 2 aromatic rings. The lowest BCUT2D eigenvalue weighted by atomic mass is 10.1. The van der Waals surface area contributed by atoms with Crippen molar-refractivity contribution in [1.82, 2.24) is 15.3 Å². The van der Waals surface area contributed by atoms with Crippen LogP contribution in [-0.4, -0.2) is 28.3 Å². The molecule has 0 atom stereocenters. The Bertz CT molecular complexity index is 765. The molecule has 24 heavy (non-hydrogen) atoms. The van der Waals surface area contributed by atoms with E-state index in [9.17, 15) is 4.79 Å². The Labute approximate surface area is 149 Å². The molecule has 0 spiro atoms. The molecule has 0 bridgehead atoms. The number of carbonyl (C=O) groups excluding carboxylic acids is 1. The van der Waals surface area contributed by atoms with Crippen molar-refractivity contribution in [3.8, 4) is 17.0 Å². The zero-order chi connectivity index (χ0) is 17.3. The van der Waals surface area contributed by atoms with Gasteiger partial charge >= 0.3 is 6.09 Å². The highest BCUT2D eigenvalue weighted by Gasteiger charge is 2.21. The van der Waals surface area contributed by atoms with Gasteiger partial charge in [0.1, 0.15) is 17.2 Å². The highest BCUT2D eigenvalue weighted by Crippen LogP contribution is 2.35. The molecule has 0 saturated carbocycles. The molecule has 1 aliphatic rings. The average molecular weight is 394 g/mol. The summed E-state index contributed by atoms with van der Waals surface area (Å²) in [5.41, 5.74) is 2.31. The first kappa shape index (κ1) is 16.8. The highest BCUT2D eigenvalue weighted by molar-refractivity contribution is 9.10. The van der Waals surface area contributed by atoms with Crippen LogP contribution >= 0.6 is 15.9 Å². The van der Waals surface area contributed by atoms with Gasteiger partial charge in [-0.25, -0.2) is 9.78 Å². The zero-order valence-corrected chi connectivity index (χ0v) is 15.5. The number of hydrogen-bond acceptors (Lipinski definition) is 4. The summed E-state index contributed by atoms with van der Waals surface area (Å²) in [6.45, 7) is 6.36. The maximum absolute atomic E-state index is 11.8. The summed E-state index contributed by atoms with van der Waals surface area (Å²) in [5, 5.41) is 2.72. The molecule has 0 saturated heterocycles. The Balaban J connectivity index is 1.77. The standard InChI is InChI=1S/C17H20BrN3O3/c1-17(2,3)24-16(22)19-9-14-20-12-6-7-23-13-8-10(18)4-5-11(13)15(12)21-14/h4-5,8H,6-7,9H2,1-3H3,(H,19,22)(H,20,21). The van der Waals surface area contributed by atoms with E-state index in [2.05, 4.69) is 31.2 Å². The van der Waals surface area contributed by atoms with E-state index in [1.165, 1.54) is 0 Å². The van der Waals surface area contributed by atoms with Crippen molar-refractivity contribution in [2.75, 3.05) is 6.61 Å². The normalized spacial score (nSPS) is 13.3. The van der Waals surface area contributed by atoms with Crippen LogP contribution in [0.5, 0.6) is 5.75 Å². The van der Waals surface area contributed by atoms with E-state index in [4.69, 9.17) is 9.47 Å². The van der Waals surface area contributed by atoms with Gasteiger partial charge in [-0.1, -0.05) is 15.9 Å². The van der Waals surface area contributed by atoms with Crippen LogP contribution < -0.4 is 10.1 Å². The van der Waals surface area contributed by atoms with Gasteiger partial charge in [-0.05, 0) is 39.0 Å². The van der Waals surface area contributed by atoms with Gasteiger partial charge in [0.25, 0.3) is 0 Å². The van der Waals surface area contributed by atoms with Crippen LogP contribution in [0.1, 0.15) is 32.3 Å². The van der Waals surface area contributed by atoms with Crippen molar-refractivity contribution in [3.63, 3.8) is 0 Å². The molecule has 0 unspecified atom stereocenters. The number of H-pyrrole nitrogens is 1. The summed E-state index contributed by atoms with van der Waals surface area (Å²) in [5.74, 6) is 1.50. The number of ether oxygens (including phenoxy) is 2. The van der Waals surface area contributed by atoms with Gasteiger partial charge < -0.3 is 19.8 Å². The second kappa shape index (κ2) is 6.47. The highest BCUT2D eigenvalue weighted by atomic mass is 79.9. The molecule has 2 N–H and O–H groups in total. The van der Waals surface area contributed by atoms with Gasteiger partial charge in [-0.2, -0.15) is 0 Å². The molecular weight excluding hydrogens is 374 g/mol. The Morgan fingerprint density at radius 2 is 2.25 bits per heavy atom. The fourth-order valence-electron chi connectivity index (χ4n) is 2.50. The van der Waals surface area contributed by atoms with Crippen LogP contribution in [0.3, 0.4) is 0 Å². The zero-order valence-electron chi connectivity index (χ0n) is 13.9. The van der Waals surface area contributed by atoms with Crippen LogP contribution in [0.25, 0.3) is 11.3 Å². The maximum atomic E-state index is 11.8. The van der Waals surface area contributed by atoms with E-state index in [0.29, 0.717) is 12.4 Å². The molecule has 0 aliphatic carbocycles. The molecule has 1 aromatic carbocycles. The number of aromatic amines is 1. The lowest BCUT2D eigenvalue weighted by molar-refractivity contribution is 0.0522. The summed E-state index contributed by atoms with van der Waals surface area (Å²) in [7, 11) is 0. The minimum absolute atomic E-state index is 0.286. The van der Waals surface area contributed by atoms with Gasteiger partial charge in [0.15, 0.2) is 0 Å². The van der Waals surface area contributed by atoms with Crippen LogP contribution in [0, 0.1) is 0 Å². The first-order valence-corrected chi connectivity index (χ1v) is 8.58. The Morgan fingerprint density at radius 3 is 3.00 bits per heavy atom. The predicted molar refractivity (Wildman–Crippen MR) is 94.0 cm³/mol. The molecule has 7 heteroatoms. The van der Waals surface area contributed by atoms with E-state index in [-0.39, 0.29) is 6.54 Å². The smallest absolute Gasteiger partial charge is 0.408 e. The van der Waals surface area contributed by atoms with Gasteiger partial charge in [0.2, 0.25) is 0 Å². The maximum Gasteiger partial charge on any atom is 0.408 e. The number of nitrogens with one attached hydrogen (secondary N) is 2. The number of fused-ring (bicyclic) bond motifs is 3. The molecule has 0 radical (unpaired) electrons. The number of nitrogens with zero attached hydrogens (tertiary/aromatic N) is 1. The average Bonchev–Trinajstić information content (AvgIpc) is 2.79. The van der Waals surface area contributed by atoms with E-state index in [0.717, 1.165) is 33.6 Å². The van der Waals surface area contributed by atoms with Gasteiger partial charge in [-0.15, -0.1) is 0 Å². The molecule has 3 rings (SSSR count). The van der Waals surface area contributed by atoms with E-state index < -0.39 is 11.7 Å². The molecule has 1 amide bonds. The summed E-state index contributed by atoms with van der Waals surface area (Å²) < 4.78 is 12.0. The van der Waals surface area contributed by atoms with Crippen LogP contribution in [0.2, 0.25) is 0 Å². The minimum Gasteiger partial charge on any atom is -0.492 e. The SMILES string of the molecule is CC(C)(C)OC(=O)NCc1nc2c([nH]1)CCOc1cc(Br)ccc1-2. The first-order chi connectivity index (χ1) is 11.3. The van der Waals surface area contributed by atoms with Crippen LogP contribution in [0.4, 0.5) is 4.79 Å². The van der Waals surface area contributed by atoms with Gasteiger partial charge in [-0.3, -0.25) is 0 Å². The quantitative estimate of drug-likeness (QED) is 0.813. The first-order valence-electron chi connectivity index (χ1n) is 7.79. The number of rotatable bonds is 2. The van der Waals surface area contributed by atoms with E-state index in [1.54, 1.807) is 0 Å². The van der Waals surface area contributed by atoms with E-state index in [1.807, 2.05) is 39.0 Å². The van der Waals surface area contributed by atoms with Gasteiger partial charge in [0.05, 0.1) is 18.8 Å². The fraction of sp³-hybridized carbons (Fsp3) is 0.412. The van der Waals surface area contributed by atoms with Crippen molar-refractivity contribution >= 4 is 22.0 Å². The van der Waals surface area contributed by atoms with Crippen LogP contribution in [-0.2, 0) is 17.7 Å². The van der Waals surface area contributed by atoms with Crippen molar-refractivity contribution in [3.05, 3.63) is 34.2 Å². The third-order valence-corrected chi connectivity index (χ3v) is 3.93. The molecule has 128 valence electrons. The van der Waals surface area contributed by atoms with Crippen LogP contribution in [0.15, 0.2) is 22.7 Å². The number of carbonyl (C=O) groups is 1. The van der Waals surface area contributed by atoms with Crippen molar-refractivity contribution in [1.29, 1.82) is 0 Å². The molecular formula is C17H20BrN3O3. The Hall–Kier alpha value is -2.02. The predicted octanol–water partition coefficient (Wildman–Crippen LogP) is 3.80. The van der Waals surface area contributed by atoms with Crippen molar-refractivity contribution in [2.45, 2.75) is 39.3 Å². The largest absolute Gasteiger partial charge is 0.492 e. The Kier molecular flexibility index (Phi) is 4.54. The third-order valence-electron chi connectivity index (χ3n) is 3.44. The molecule has 2 heterocycles. The second-order valence-corrected chi connectivity index (χ2v) is 7.52. The number of imidazole rings is 1. The number of amides is 1. The number of hydrogen-bond donors (Lipinski definition) is 2. The van der Waals surface area contributed by atoms with Gasteiger partial charge in [0, 0.05) is 22.2 Å². The number of alkyl carbamates (subject to hydrolysis) is 1.